The minimum atomic E-state index is 0.155. The lowest BCUT2D eigenvalue weighted by molar-refractivity contribution is 0.424. The van der Waals surface area contributed by atoms with Gasteiger partial charge in [0.2, 0.25) is 0 Å². The number of nitrogens with two attached hydrogens (primary N) is 1. The van der Waals surface area contributed by atoms with Gasteiger partial charge in [0.1, 0.15) is 0 Å². The minimum Gasteiger partial charge on any atom is -0.334 e. The monoisotopic (exact) mass is 319 g/mol. The number of fused-ring (bicyclic) bond motifs is 1. The highest BCUT2D eigenvalue weighted by molar-refractivity contribution is 5.56. The van der Waals surface area contributed by atoms with Gasteiger partial charge in [-0.25, -0.2) is 0 Å². The summed E-state index contributed by atoms with van der Waals surface area (Å²) >= 11 is 0. The highest BCUT2D eigenvalue weighted by Gasteiger charge is 2.18. The molecule has 122 valence electrons. The molecule has 1 atom stereocenters. The average molecular weight is 319 g/mol. The molecule has 2 N–H and O–H groups in total. The van der Waals surface area contributed by atoms with Crippen LogP contribution in [0.5, 0.6) is 0 Å². The second-order valence-corrected chi connectivity index (χ2v) is 6.59. The Hall–Kier alpha value is -2.46. The molecule has 1 aliphatic rings. The van der Waals surface area contributed by atoms with Crippen molar-refractivity contribution in [3.63, 3.8) is 0 Å². The molecule has 4 nitrogen and oxygen atoms in total. The lowest BCUT2D eigenvalue weighted by atomic mass is 9.87. The molecule has 2 aromatic carbocycles. The Labute approximate surface area is 141 Å². The van der Waals surface area contributed by atoms with Crippen LogP contribution < -0.4 is 5.73 Å². The van der Waals surface area contributed by atoms with Crippen LogP contribution in [0.15, 0.2) is 47.0 Å². The molecule has 1 aliphatic carbocycles. The van der Waals surface area contributed by atoms with Gasteiger partial charge in [0.25, 0.3) is 5.89 Å². The SMILES string of the molecule is Cc1cccc(Cc2noc(-c3ccc4c(c3)CCCC4N)n2)c1. The van der Waals surface area contributed by atoms with Gasteiger partial charge < -0.3 is 10.3 Å². The first-order chi connectivity index (χ1) is 11.7. The van der Waals surface area contributed by atoms with Gasteiger partial charge in [-0.2, -0.15) is 4.98 Å². The molecule has 0 saturated heterocycles. The van der Waals surface area contributed by atoms with Crippen LogP contribution in [0.1, 0.15) is 47.0 Å². The standard InChI is InChI=1S/C20H21N3O/c1-13-4-2-5-14(10-13)11-19-22-20(24-23-19)16-8-9-17-15(12-16)6-3-7-18(17)21/h2,4-5,8-10,12,18H,3,6-7,11,21H2,1H3. The molecule has 1 aromatic heterocycles. The van der Waals surface area contributed by atoms with Crippen LogP contribution in [-0.4, -0.2) is 10.1 Å². The summed E-state index contributed by atoms with van der Waals surface area (Å²) in [5, 5.41) is 4.13. The van der Waals surface area contributed by atoms with E-state index in [0.29, 0.717) is 18.1 Å². The topological polar surface area (TPSA) is 64.9 Å². The molecule has 0 radical (unpaired) electrons. The number of aryl methyl sites for hydroxylation is 2. The van der Waals surface area contributed by atoms with Crippen molar-refractivity contribution in [2.75, 3.05) is 0 Å². The van der Waals surface area contributed by atoms with Crippen LogP contribution >= 0.6 is 0 Å². The lowest BCUT2D eigenvalue weighted by Gasteiger charge is -2.22. The molecule has 0 spiro atoms. The summed E-state index contributed by atoms with van der Waals surface area (Å²) in [7, 11) is 0. The van der Waals surface area contributed by atoms with Crippen molar-refractivity contribution >= 4 is 0 Å². The van der Waals surface area contributed by atoms with Crippen molar-refractivity contribution in [1.29, 1.82) is 0 Å². The fourth-order valence-corrected chi connectivity index (χ4v) is 3.43. The third-order valence-electron chi connectivity index (χ3n) is 4.66. The minimum absolute atomic E-state index is 0.155. The summed E-state index contributed by atoms with van der Waals surface area (Å²) in [5.41, 5.74) is 12.2. The number of rotatable bonds is 3. The third-order valence-corrected chi connectivity index (χ3v) is 4.66. The Morgan fingerprint density at radius 3 is 3.00 bits per heavy atom. The zero-order chi connectivity index (χ0) is 16.5. The Bertz CT molecular complexity index is 869. The molecule has 3 aromatic rings. The van der Waals surface area contributed by atoms with Crippen LogP contribution in [0, 0.1) is 6.92 Å². The Balaban J connectivity index is 1.59. The molecule has 0 bridgehead atoms. The maximum atomic E-state index is 6.19. The molecule has 1 heterocycles. The number of benzene rings is 2. The van der Waals surface area contributed by atoms with Crippen LogP contribution in [0.25, 0.3) is 11.5 Å². The van der Waals surface area contributed by atoms with Gasteiger partial charge in [0.05, 0.1) is 0 Å². The summed E-state index contributed by atoms with van der Waals surface area (Å²) < 4.78 is 5.48. The predicted molar refractivity (Wildman–Crippen MR) is 93.6 cm³/mol. The van der Waals surface area contributed by atoms with E-state index in [2.05, 4.69) is 53.5 Å². The summed E-state index contributed by atoms with van der Waals surface area (Å²) in [4.78, 5) is 4.56. The highest BCUT2D eigenvalue weighted by atomic mass is 16.5. The van der Waals surface area contributed by atoms with Crippen molar-refractivity contribution in [1.82, 2.24) is 10.1 Å². The molecule has 0 aliphatic heterocycles. The quantitative estimate of drug-likeness (QED) is 0.793. The summed E-state index contributed by atoms with van der Waals surface area (Å²) in [6.45, 7) is 2.09. The molecular weight excluding hydrogens is 298 g/mol. The summed E-state index contributed by atoms with van der Waals surface area (Å²) in [6.07, 6.45) is 3.95. The van der Waals surface area contributed by atoms with Crippen molar-refractivity contribution < 1.29 is 4.52 Å². The molecular formula is C20H21N3O. The van der Waals surface area contributed by atoms with Crippen molar-refractivity contribution in [3.8, 4) is 11.5 Å². The van der Waals surface area contributed by atoms with Gasteiger partial charge in [-0.05, 0) is 55.0 Å². The largest absolute Gasteiger partial charge is 0.334 e. The molecule has 0 amide bonds. The maximum Gasteiger partial charge on any atom is 0.257 e. The fourth-order valence-electron chi connectivity index (χ4n) is 3.43. The first-order valence-electron chi connectivity index (χ1n) is 8.46. The predicted octanol–water partition coefficient (Wildman–Crippen LogP) is 3.97. The van der Waals surface area contributed by atoms with Crippen LogP contribution in [0.4, 0.5) is 0 Å². The summed E-state index contributed by atoms with van der Waals surface area (Å²) in [5.74, 6) is 1.30. The Kier molecular flexibility index (Phi) is 3.90. The zero-order valence-corrected chi connectivity index (χ0v) is 13.8. The number of aromatic nitrogens is 2. The van der Waals surface area contributed by atoms with E-state index in [1.807, 2.05) is 6.07 Å². The molecule has 0 fully saturated rings. The van der Waals surface area contributed by atoms with Gasteiger partial charge in [0.15, 0.2) is 5.82 Å². The lowest BCUT2D eigenvalue weighted by Crippen LogP contribution is -2.17. The van der Waals surface area contributed by atoms with E-state index in [4.69, 9.17) is 10.3 Å². The van der Waals surface area contributed by atoms with Gasteiger partial charge in [-0.1, -0.05) is 41.1 Å². The van der Waals surface area contributed by atoms with E-state index in [9.17, 15) is 0 Å². The van der Waals surface area contributed by atoms with Crippen LogP contribution in [0.3, 0.4) is 0 Å². The molecule has 4 heteroatoms. The maximum absolute atomic E-state index is 6.19. The van der Waals surface area contributed by atoms with E-state index in [-0.39, 0.29) is 6.04 Å². The van der Waals surface area contributed by atoms with Crippen molar-refractivity contribution in [3.05, 3.63) is 70.5 Å². The second-order valence-electron chi connectivity index (χ2n) is 6.59. The molecule has 1 unspecified atom stereocenters. The highest BCUT2D eigenvalue weighted by Crippen LogP contribution is 2.31. The van der Waals surface area contributed by atoms with Gasteiger partial charge in [0, 0.05) is 18.0 Å². The number of nitrogens with zero attached hydrogens (tertiary/aromatic N) is 2. The van der Waals surface area contributed by atoms with Gasteiger partial charge in [-0.3, -0.25) is 0 Å². The average Bonchev–Trinajstić information content (AvgIpc) is 3.03. The second kappa shape index (κ2) is 6.21. The molecule has 24 heavy (non-hydrogen) atoms. The van der Waals surface area contributed by atoms with Crippen LogP contribution in [-0.2, 0) is 12.8 Å². The molecule has 0 saturated carbocycles. The van der Waals surface area contributed by atoms with E-state index >= 15 is 0 Å². The van der Waals surface area contributed by atoms with E-state index in [1.54, 1.807) is 0 Å². The summed E-state index contributed by atoms with van der Waals surface area (Å²) in [6, 6.07) is 14.8. The first-order valence-corrected chi connectivity index (χ1v) is 8.46. The third kappa shape index (κ3) is 2.97. The van der Waals surface area contributed by atoms with E-state index in [1.165, 1.54) is 22.3 Å². The van der Waals surface area contributed by atoms with Crippen LogP contribution in [0.2, 0.25) is 0 Å². The number of hydrogen-bond donors (Lipinski definition) is 1. The number of hydrogen-bond acceptors (Lipinski definition) is 4. The van der Waals surface area contributed by atoms with Crippen molar-refractivity contribution in [2.24, 2.45) is 5.73 Å². The molecule has 4 rings (SSSR count). The fraction of sp³-hybridized carbons (Fsp3) is 0.300. The van der Waals surface area contributed by atoms with Gasteiger partial charge in [-0.15, -0.1) is 0 Å². The first kappa shape index (κ1) is 15.1. The van der Waals surface area contributed by atoms with Crippen molar-refractivity contribution in [2.45, 2.75) is 38.6 Å². The Morgan fingerprint density at radius 2 is 2.12 bits per heavy atom. The van der Waals surface area contributed by atoms with E-state index in [0.717, 1.165) is 24.8 Å². The Morgan fingerprint density at radius 1 is 1.21 bits per heavy atom. The normalized spacial score (nSPS) is 16.8. The zero-order valence-electron chi connectivity index (χ0n) is 13.8. The smallest absolute Gasteiger partial charge is 0.257 e. The van der Waals surface area contributed by atoms with E-state index < -0.39 is 0 Å². The van der Waals surface area contributed by atoms with Gasteiger partial charge >= 0.3 is 0 Å².